The first-order valence-electron chi connectivity index (χ1n) is 11.0. The largest absolute Gasteiger partial charge is 0.223 e. The first-order chi connectivity index (χ1) is 16.3. The minimum atomic E-state index is -2.17. The van der Waals surface area contributed by atoms with E-state index in [9.17, 15) is 0 Å². The molecule has 0 bridgehead atoms. The Morgan fingerprint density at radius 3 is 1.52 bits per heavy atom. The van der Waals surface area contributed by atoms with Crippen LogP contribution in [-0.4, -0.2) is 4.98 Å². The van der Waals surface area contributed by atoms with Crippen molar-refractivity contribution in [3.63, 3.8) is 0 Å². The van der Waals surface area contributed by atoms with E-state index >= 15 is 0 Å². The van der Waals surface area contributed by atoms with Gasteiger partial charge in [-0.15, -0.1) is 23.1 Å². The number of thioether (sulfide) groups is 1. The van der Waals surface area contributed by atoms with Gasteiger partial charge in [-0.2, -0.15) is 0 Å². The van der Waals surface area contributed by atoms with E-state index in [1.807, 2.05) is 23.1 Å². The first kappa shape index (κ1) is 22.1. The van der Waals surface area contributed by atoms with Crippen molar-refractivity contribution in [3.05, 3.63) is 132 Å². The molecule has 0 saturated heterocycles. The molecule has 4 heteroatoms. The fourth-order valence-electron chi connectivity index (χ4n) is 4.20. The normalized spacial score (nSPS) is 11.4. The third-order valence-electron chi connectivity index (χ3n) is 5.65. The zero-order valence-electron chi connectivity index (χ0n) is 18.5. The molecule has 0 fully saturated rings. The van der Waals surface area contributed by atoms with Crippen molar-refractivity contribution in [1.29, 1.82) is 0 Å². The van der Waals surface area contributed by atoms with E-state index in [1.54, 1.807) is 0 Å². The molecule has 1 heterocycles. The summed E-state index contributed by atoms with van der Waals surface area (Å²) in [6.07, 6.45) is 0. The zero-order valence-corrected chi connectivity index (χ0v) is 21.0. The van der Waals surface area contributed by atoms with E-state index in [-0.39, 0.29) is 0 Å². The number of aromatic nitrogens is 1. The maximum atomic E-state index is 5.27. The Morgan fingerprint density at radius 1 is 0.636 bits per heavy atom. The molecule has 4 aromatic carbocycles. The SMILES string of the molecule is Cc1nc([P+](c2ccccc2)(c2ccccc2)c2ccccc2)c(SCc2ccccc2)s1. The van der Waals surface area contributed by atoms with Crippen LogP contribution in [0.4, 0.5) is 0 Å². The van der Waals surface area contributed by atoms with Crippen LogP contribution in [0.3, 0.4) is 0 Å². The third-order valence-corrected chi connectivity index (χ3v) is 12.4. The summed E-state index contributed by atoms with van der Waals surface area (Å²) in [4.78, 5) is 5.27. The maximum Gasteiger partial charge on any atom is 0.223 e. The smallest absolute Gasteiger partial charge is 0.205 e. The number of nitrogens with zero attached hydrogens (tertiary/aromatic N) is 1. The van der Waals surface area contributed by atoms with Gasteiger partial charge in [0.1, 0.15) is 20.1 Å². The van der Waals surface area contributed by atoms with E-state index in [0.29, 0.717) is 0 Å². The number of thiazole rings is 1. The minimum absolute atomic E-state index is 0.938. The number of hydrogen-bond acceptors (Lipinski definition) is 3. The molecule has 1 aromatic heterocycles. The van der Waals surface area contributed by atoms with Crippen molar-refractivity contribution < 1.29 is 0 Å². The van der Waals surface area contributed by atoms with Gasteiger partial charge in [0.05, 0.1) is 5.01 Å². The van der Waals surface area contributed by atoms with Crippen LogP contribution >= 0.6 is 30.4 Å². The molecule has 0 unspecified atom stereocenters. The van der Waals surface area contributed by atoms with Gasteiger partial charge in [0.25, 0.3) is 0 Å². The highest BCUT2D eigenvalue weighted by atomic mass is 32.2. The summed E-state index contributed by atoms with van der Waals surface area (Å²) in [5.41, 5.74) is 2.57. The summed E-state index contributed by atoms with van der Waals surface area (Å²) in [6, 6.07) is 43.7. The van der Waals surface area contributed by atoms with E-state index < -0.39 is 7.26 Å². The van der Waals surface area contributed by atoms with E-state index in [4.69, 9.17) is 4.98 Å². The van der Waals surface area contributed by atoms with Gasteiger partial charge >= 0.3 is 0 Å². The van der Waals surface area contributed by atoms with Crippen LogP contribution in [0.15, 0.2) is 126 Å². The van der Waals surface area contributed by atoms with Crippen LogP contribution in [0.2, 0.25) is 0 Å². The lowest BCUT2D eigenvalue weighted by Crippen LogP contribution is -2.39. The lowest BCUT2D eigenvalue weighted by atomic mass is 10.2. The molecule has 0 aliphatic rings. The summed E-state index contributed by atoms with van der Waals surface area (Å²) < 4.78 is 1.32. The molecule has 1 nitrogen and oxygen atoms in total. The highest BCUT2D eigenvalue weighted by molar-refractivity contribution is 8.05. The summed E-state index contributed by atoms with van der Waals surface area (Å²) in [5.74, 6) is 0.938. The van der Waals surface area contributed by atoms with Gasteiger partial charge < -0.3 is 0 Å². The van der Waals surface area contributed by atoms with Crippen LogP contribution in [0.5, 0.6) is 0 Å². The number of aryl methyl sites for hydroxylation is 1. The van der Waals surface area contributed by atoms with Gasteiger partial charge in [0.2, 0.25) is 5.44 Å². The molecule has 33 heavy (non-hydrogen) atoms. The Hall–Kier alpha value is -2.71. The number of rotatable bonds is 7. The topological polar surface area (TPSA) is 12.9 Å². The lowest BCUT2D eigenvalue weighted by molar-refractivity contribution is 1.32. The third kappa shape index (κ3) is 4.42. The van der Waals surface area contributed by atoms with Crippen LogP contribution in [0, 0.1) is 6.92 Å². The molecule has 5 aromatic rings. The molecule has 0 atom stereocenters. The molecule has 0 aliphatic heterocycles. The Bertz CT molecular complexity index is 1210. The average Bonchev–Trinajstić information content (AvgIpc) is 3.26. The van der Waals surface area contributed by atoms with Gasteiger partial charge in [-0.3, -0.25) is 0 Å². The van der Waals surface area contributed by atoms with E-state index in [2.05, 4.69) is 128 Å². The summed E-state index contributed by atoms with van der Waals surface area (Å²) in [7, 11) is -2.17. The second-order valence-electron chi connectivity index (χ2n) is 7.80. The second-order valence-corrected chi connectivity index (χ2v) is 13.6. The molecule has 0 spiro atoms. The Kier molecular flexibility index (Phi) is 6.73. The summed E-state index contributed by atoms with van der Waals surface area (Å²) >= 11 is 3.74. The second kappa shape index (κ2) is 10.1. The first-order valence-corrected chi connectivity index (χ1v) is 14.6. The lowest BCUT2D eigenvalue weighted by Gasteiger charge is -2.26. The predicted octanol–water partition coefficient (Wildman–Crippen LogP) is 6.36. The Morgan fingerprint density at radius 2 is 1.06 bits per heavy atom. The molecule has 0 N–H and O–H groups in total. The highest BCUT2D eigenvalue weighted by Gasteiger charge is 2.51. The number of benzene rings is 4. The van der Waals surface area contributed by atoms with Gasteiger partial charge in [0, 0.05) is 5.75 Å². The molecule has 0 saturated carbocycles. The monoisotopic (exact) mass is 482 g/mol. The van der Waals surface area contributed by atoms with Crippen molar-refractivity contribution in [2.75, 3.05) is 0 Å². The molecular formula is C29H25NPS2+. The maximum absolute atomic E-state index is 5.27. The number of hydrogen-bond donors (Lipinski definition) is 0. The molecule has 0 radical (unpaired) electrons. The highest BCUT2D eigenvalue weighted by Crippen LogP contribution is 2.56. The fraction of sp³-hybridized carbons (Fsp3) is 0.0690. The van der Waals surface area contributed by atoms with E-state index in [0.717, 1.165) is 10.8 Å². The van der Waals surface area contributed by atoms with Crippen LogP contribution in [-0.2, 0) is 5.75 Å². The average molecular weight is 483 g/mol. The van der Waals surface area contributed by atoms with Crippen LogP contribution in [0.1, 0.15) is 10.6 Å². The molecule has 0 amide bonds. The zero-order chi connectivity index (χ0) is 22.5. The summed E-state index contributed by atoms with van der Waals surface area (Å²) in [6.45, 7) is 2.14. The molecule has 5 rings (SSSR count). The van der Waals surface area contributed by atoms with Crippen molar-refractivity contribution in [1.82, 2.24) is 4.98 Å². The van der Waals surface area contributed by atoms with Crippen LogP contribution in [0.25, 0.3) is 0 Å². The van der Waals surface area contributed by atoms with E-state index in [1.165, 1.54) is 31.1 Å². The Balaban J connectivity index is 1.76. The quantitative estimate of drug-likeness (QED) is 0.198. The predicted molar refractivity (Wildman–Crippen MR) is 148 cm³/mol. The summed E-state index contributed by atoms with van der Waals surface area (Å²) in [5, 5.41) is 5.14. The van der Waals surface area contributed by atoms with Gasteiger partial charge in [-0.1, -0.05) is 84.9 Å². The molecule has 162 valence electrons. The molecule has 0 aliphatic carbocycles. The van der Waals surface area contributed by atoms with Crippen molar-refractivity contribution in [2.45, 2.75) is 16.9 Å². The van der Waals surface area contributed by atoms with Crippen LogP contribution < -0.4 is 21.3 Å². The van der Waals surface area contributed by atoms with Crippen molar-refractivity contribution in [2.24, 2.45) is 0 Å². The van der Waals surface area contributed by atoms with Gasteiger partial charge in [-0.05, 0) is 48.9 Å². The Labute approximate surface area is 204 Å². The van der Waals surface area contributed by atoms with Crippen molar-refractivity contribution >= 4 is 51.7 Å². The van der Waals surface area contributed by atoms with Gasteiger partial charge in [0.15, 0.2) is 7.26 Å². The van der Waals surface area contributed by atoms with Gasteiger partial charge in [-0.25, -0.2) is 4.98 Å². The minimum Gasteiger partial charge on any atom is -0.205 e. The van der Waals surface area contributed by atoms with Crippen molar-refractivity contribution in [3.8, 4) is 0 Å². The standard InChI is InChI=1S/C29H25NPS2/c1-23-30-28(29(33-23)32-22-24-14-6-2-7-15-24)31(25-16-8-3-9-17-25,26-18-10-4-11-19-26)27-20-12-5-13-21-27/h2-21H,22H2,1H3/q+1. The molecular weight excluding hydrogens is 457 g/mol. The fourth-order valence-corrected chi connectivity index (χ4v) is 11.5.